The van der Waals surface area contributed by atoms with E-state index in [1.165, 1.54) is 6.92 Å². The van der Waals surface area contributed by atoms with Crippen molar-refractivity contribution in [3.05, 3.63) is 24.5 Å². The molecule has 5 heteroatoms. The number of rotatable bonds is 3. The van der Waals surface area contributed by atoms with Crippen molar-refractivity contribution in [1.29, 1.82) is 0 Å². The maximum atomic E-state index is 11.5. The van der Waals surface area contributed by atoms with E-state index in [0.717, 1.165) is 0 Å². The number of amides is 2. The summed E-state index contributed by atoms with van der Waals surface area (Å²) in [6, 6.07) is 2.81. The van der Waals surface area contributed by atoms with Crippen LogP contribution in [0.15, 0.2) is 24.5 Å². The molecule has 80 valence electrons. The topological polar surface area (TPSA) is 71.1 Å². The number of nitrogens with one attached hydrogen (secondary N) is 2. The Balaban J connectivity index is 2.52. The zero-order valence-electron chi connectivity index (χ0n) is 8.65. The molecule has 5 nitrogen and oxygen atoms in total. The molecule has 1 aromatic heterocycles. The molecule has 1 aromatic rings. The second-order valence-electron chi connectivity index (χ2n) is 3.15. The Morgan fingerprint density at radius 1 is 1.33 bits per heavy atom. The molecule has 0 spiro atoms. The maximum Gasteiger partial charge on any atom is 0.246 e. The highest BCUT2D eigenvalue weighted by atomic mass is 16.2. The molecule has 0 aliphatic carbocycles. The van der Waals surface area contributed by atoms with E-state index in [1.54, 1.807) is 31.5 Å². The first-order valence-electron chi connectivity index (χ1n) is 4.57. The third-order valence-corrected chi connectivity index (χ3v) is 1.76. The van der Waals surface area contributed by atoms with Gasteiger partial charge in [-0.1, -0.05) is 0 Å². The molecule has 0 saturated carbocycles. The lowest BCUT2D eigenvalue weighted by atomic mass is 10.3. The normalized spacial score (nSPS) is 11.6. The van der Waals surface area contributed by atoms with Crippen LogP contribution >= 0.6 is 0 Å². The number of aromatic nitrogens is 1. The van der Waals surface area contributed by atoms with Crippen LogP contribution in [0.4, 0.5) is 5.69 Å². The molecule has 1 unspecified atom stereocenters. The molecule has 0 fully saturated rings. The van der Waals surface area contributed by atoms with Crippen LogP contribution in [0.25, 0.3) is 0 Å². The highest BCUT2D eigenvalue weighted by Gasteiger charge is 2.13. The van der Waals surface area contributed by atoms with Gasteiger partial charge in [-0.15, -0.1) is 0 Å². The molecule has 2 amide bonds. The molecule has 0 aliphatic heterocycles. The Labute approximate surface area is 87.9 Å². The van der Waals surface area contributed by atoms with Gasteiger partial charge in [-0.05, 0) is 19.1 Å². The first kappa shape index (κ1) is 11.2. The van der Waals surface area contributed by atoms with E-state index in [0.29, 0.717) is 5.69 Å². The van der Waals surface area contributed by atoms with Crippen LogP contribution in [-0.2, 0) is 9.59 Å². The van der Waals surface area contributed by atoms with Gasteiger partial charge in [-0.3, -0.25) is 14.6 Å². The highest BCUT2D eigenvalue weighted by Crippen LogP contribution is 2.03. The number of carbonyl (C=O) groups is 2. The van der Waals surface area contributed by atoms with Crippen LogP contribution in [0, 0.1) is 0 Å². The largest absolute Gasteiger partial charge is 0.345 e. The third kappa shape index (κ3) is 3.76. The summed E-state index contributed by atoms with van der Waals surface area (Å²) in [5.74, 6) is -0.483. The molecule has 0 radical (unpaired) electrons. The van der Waals surface area contributed by atoms with Crippen molar-refractivity contribution < 1.29 is 9.59 Å². The number of hydrogen-bond acceptors (Lipinski definition) is 3. The van der Waals surface area contributed by atoms with Crippen LogP contribution in [0.3, 0.4) is 0 Å². The van der Waals surface area contributed by atoms with Gasteiger partial charge >= 0.3 is 0 Å². The monoisotopic (exact) mass is 207 g/mol. The molecule has 1 atom stereocenters. The summed E-state index contributed by atoms with van der Waals surface area (Å²) in [4.78, 5) is 26.0. The van der Waals surface area contributed by atoms with Crippen LogP contribution in [0.5, 0.6) is 0 Å². The zero-order valence-corrected chi connectivity index (χ0v) is 8.65. The minimum Gasteiger partial charge on any atom is -0.345 e. The summed E-state index contributed by atoms with van der Waals surface area (Å²) >= 11 is 0. The molecule has 0 bridgehead atoms. The van der Waals surface area contributed by atoms with Crippen molar-refractivity contribution in [2.75, 3.05) is 5.32 Å². The Morgan fingerprint density at radius 3 is 2.47 bits per heavy atom. The van der Waals surface area contributed by atoms with Gasteiger partial charge in [0.05, 0.1) is 0 Å². The maximum absolute atomic E-state index is 11.5. The predicted molar refractivity (Wildman–Crippen MR) is 56.1 cm³/mol. The lowest BCUT2D eigenvalue weighted by molar-refractivity contribution is -0.124. The van der Waals surface area contributed by atoms with Crippen LogP contribution in [0.2, 0.25) is 0 Å². The van der Waals surface area contributed by atoms with Crippen molar-refractivity contribution in [1.82, 2.24) is 10.3 Å². The molecule has 15 heavy (non-hydrogen) atoms. The van der Waals surface area contributed by atoms with Crippen LogP contribution < -0.4 is 10.6 Å². The fourth-order valence-electron chi connectivity index (χ4n) is 1.06. The molecule has 0 aromatic carbocycles. The van der Waals surface area contributed by atoms with Gasteiger partial charge in [0.25, 0.3) is 0 Å². The van der Waals surface area contributed by atoms with Crippen LogP contribution in [0.1, 0.15) is 13.8 Å². The van der Waals surface area contributed by atoms with Gasteiger partial charge in [0.2, 0.25) is 11.8 Å². The molecular weight excluding hydrogens is 194 g/mol. The molecule has 0 aliphatic rings. The molecular formula is C10H13N3O2. The Morgan fingerprint density at radius 2 is 1.93 bits per heavy atom. The molecule has 2 N–H and O–H groups in total. The smallest absolute Gasteiger partial charge is 0.246 e. The molecule has 1 heterocycles. The van der Waals surface area contributed by atoms with Gasteiger partial charge in [-0.2, -0.15) is 0 Å². The first-order chi connectivity index (χ1) is 7.09. The fourth-order valence-corrected chi connectivity index (χ4v) is 1.06. The van der Waals surface area contributed by atoms with E-state index in [9.17, 15) is 9.59 Å². The summed E-state index contributed by atoms with van der Waals surface area (Å²) in [7, 11) is 0. The Kier molecular flexibility index (Phi) is 3.79. The van der Waals surface area contributed by atoms with Crippen molar-refractivity contribution in [2.45, 2.75) is 19.9 Å². The van der Waals surface area contributed by atoms with Crippen LogP contribution in [-0.4, -0.2) is 22.8 Å². The predicted octanol–water partition coefficient (Wildman–Crippen LogP) is 0.545. The summed E-state index contributed by atoms with van der Waals surface area (Å²) in [5, 5.41) is 5.15. The van der Waals surface area contributed by atoms with Gasteiger partial charge in [0.1, 0.15) is 6.04 Å². The van der Waals surface area contributed by atoms with Gasteiger partial charge in [-0.25, -0.2) is 0 Å². The minimum atomic E-state index is -0.546. The second-order valence-corrected chi connectivity index (χ2v) is 3.15. The lowest BCUT2D eigenvalue weighted by Crippen LogP contribution is -2.40. The summed E-state index contributed by atoms with van der Waals surface area (Å²) in [6.45, 7) is 2.99. The molecule has 1 rings (SSSR count). The van der Waals surface area contributed by atoms with Crippen molar-refractivity contribution in [3.63, 3.8) is 0 Å². The van der Waals surface area contributed by atoms with E-state index in [1.807, 2.05) is 0 Å². The van der Waals surface area contributed by atoms with Crippen molar-refractivity contribution in [3.8, 4) is 0 Å². The number of hydrogen-bond donors (Lipinski definition) is 2. The number of pyridine rings is 1. The molecule has 0 saturated heterocycles. The van der Waals surface area contributed by atoms with Gasteiger partial charge in [0, 0.05) is 25.0 Å². The minimum absolute atomic E-state index is 0.229. The summed E-state index contributed by atoms with van der Waals surface area (Å²) in [5.41, 5.74) is 0.659. The quantitative estimate of drug-likeness (QED) is 0.760. The summed E-state index contributed by atoms with van der Waals surface area (Å²) in [6.07, 6.45) is 3.16. The standard InChI is InChI=1S/C10H13N3O2/c1-7(12-8(2)14)10(15)13-9-3-5-11-6-4-9/h3-7H,1-2H3,(H,12,14)(H,11,13,15). The van der Waals surface area contributed by atoms with E-state index < -0.39 is 6.04 Å². The van der Waals surface area contributed by atoms with E-state index in [2.05, 4.69) is 15.6 Å². The van der Waals surface area contributed by atoms with Crippen molar-refractivity contribution in [2.24, 2.45) is 0 Å². The average molecular weight is 207 g/mol. The van der Waals surface area contributed by atoms with E-state index in [-0.39, 0.29) is 11.8 Å². The number of nitrogens with zero attached hydrogens (tertiary/aromatic N) is 1. The average Bonchev–Trinajstić information content (AvgIpc) is 2.18. The number of carbonyl (C=O) groups excluding carboxylic acids is 2. The second kappa shape index (κ2) is 5.09. The zero-order chi connectivity index (χ0) is 11.3. The highest BCUT2D eigenvalue weighted by molar-refractivity contribution is 5.96. The Bertz CT molecular complexity index is 351. The van der Waals surface area contributed by atoms with Gasteiger partial charge in [0.15, 0.2) is 0 Å². The SMILES string of the molecule is CC(=O)NC(C)C(=O)Nc1ccncc1. The number of anilines is 1. The van der Waals surface area contributed by atoms with E-state index in [4.69, 9.17) is 0 Å². The van der Waals surface area contributed by atoms with Crippen molar-refractivity contribution >= 4 is 17.5 Å². The Hall–Kier alpha value is -1.91. The lowest BCUT2D eigenvalue weighted by Gasteiger charge is -2.12. The summed E-state index contributed by atoms with van der Waals surface area (Å²) < 4.78 is 0. The van der Waals surface area contributed by atoms with Gasteiger partial charge < -0.3 is 10.6 Å². The third-order valence-electron chi connectivity index (χ3n) is 1.76. The van der Waals surface area contributed by atoms with E-state index >= 15 is 0 Å². The first-order valence-corrected chi connectivity index (χ1v) is 4.57. The fraction of sp³-hybridized carbons (Fsp3) is 0.300.